The van der Waals surface area contributed by atoms with E-state index in [9.17, 15) is 20.1 Å². The summed E-state index contributed by atoms with van der Waals surface area (Å²) in [4.78, 5) is 11.3. The Morgan fingerprint density at radius 3 is 2.59 bits per heavy atom. The minimum atomic E-state index is -1.37. The number of hydrogen-bond acceptors (Lipinski definition) is 6. The van der Waals surface area contributed by atoms with Crippen LogP contribution in [0.15, 0.2) is 30.3 Å². The Labute approximate surface area is 128 Å². The van der Waals surface area contributed by atoms with Gasteiger partial charge in [-0.2, -0.15) is 0 Å². The average Bonchev–Trinajstić information content (AvgIpc) is 2.50. The van der Waals surface area contributed by atoms with Crippen LogP contribution < -0.4 is 5.32 Å². The van der Waals surface area contributed by atoms with Gasteiger partial charge in [-0.15, -0.1) is 0 Å². The Hall–Kier alpha value is -1.51. The lowest BCUT2D eigenvalue weighted by atomic mass is 9.96. The molecule has 0 unspecified atom stereocenters. The second-order valence-corrected chi connectivity index (χ2v) is 5.23. The summed E-state index contributed by atoms with van der Waals surface area (Å²) in [7, 11) is 0. The summed E-state index contributed by atoms with van der Waals surface area (Å²) in [6, 6.07) is 8.39. The fraction of sp³-hybridized carbons (Fsp3) is 0.533. The monoisotopic (exact) mass is 311 g/mol. The molecule has 0 saturated carbocycles. The number of aliphatic hydroxyl groups excluding tert-OH is 3. The average molecular weight is 311 g/mol. The number of amides is 1. The van der Waals surface area contributed by atoms with Crippen molar-refractivity contribution in [1.29, 1.82) is 0 Å². The zero-order valence-corrected chi connectivity index (χ0v) is 12.3. The highest BCUT2D eigenvalue weighted by Crippen LogP contribution is 2.23. The highest BCUT2D eigenvalue weighted by atomic mass is 16.6. The maximum Gasteiger partial charge on any atom is 0.217 e. The van der Waals surface area contributed by atoms with Gasteiger partial charge in [-0.1, -0.05) is 30.3 Å². The van der Waals surface area contributed by atoms with Crippen molar-refractivity contribution in [2.24, 2.45) is 0 Å². The molecule has 1 heterocycles. The number of rotatable bonds is 5. The zero-order chi connectivity index (χ0) is 16.1. The molecule has 22 heavy (non-hydrogen) atoms. The summed E-state index contributed by atoms with van der Waals surface area (Å²) in [5, 5.41) is 31.9. The van der Waals surface area contributed by atoms with Crippen LogP contribution in [0.5, 0.6) is 0 Å². The van der Waals surface area contributed by atoms with E-state index in [2.05, 4.69) is 5.32 Å². The highest BCUT2D eigenvalue weighted by molar-refractivity contribution is 5.73. The molecule has 1 aromatic rings. The van der Waals surface area contributed by atoms with Crippen LogP contribution in [0.2, 0.25) is 0 Å². The van der Waals surface area contributed by atoms with Crippen molar-refractivity contribution in [2.45, 2.75) is 44.2 Å². The minimum Gasteiger partial charge on any atom is -0.394 e. The highest BCUT2D eigenvalue weighted by Gasteiger charge is 2.45. The van der Waals surface area contributed by atoms with Gasteiger partial charge in [0.2, 0.25) is 5.91 Å². The van der Waals surface area contributed by atoms with Gasteiger partial charge in [-0.25, -0.2) is 0 Å². The third-order valence-electron chi connectivity index (χ3n) is 3.53. The summed E-state index contributed by atoms with van der Waals surface area (Å²) in [6.07, 6.45) is -4.41. The first kappa shape index (κ1) is 16.9. The van der Waals surface area contributed by atoms with Crippen molar-refractivity contribution >= 4 is 5.91 Å². The number of aliphatic hydroxyl groups is 3. The molecule has 7 nitrogen and oxygen atoms in total. The summed E-state index contributed by atoms with van der Waals surface area (Å²) in [5.74, 6) is -0.379. The fourth-order valence-electron chi connectivity index (χ4n) is 2.44. The number of nitrogens with one attached hydrogen (secondary N) is 1. The van der Waals surface area contributed by atoms with Crippen molar-refractivity contribution in [3.8, 4) is 0 Å². The summed E-state index contributed by atoms with van der Waals surface area (Å²) in [5.41, 5.74) is 0.887. The van der Waals surface area contributed by atoms with Gasteiger partial charge in [0.15, 0.2) is 6.29 Å². The van der Waals surface area contributed by atoms with E-state index in [-0.39, 0.29) is 12.5 Å². The third-order valence-corrected chi connectivity index (χ3v) is 3.53. The van der Waals surface area contributed by atoms with Crippen LogP contribution in [0.3, 0.4) is 0 Å². The van der Waals surface area contributed by atoms with Crippen LogP contribution in [0, 0.1) is 0 Å². The molecule has 1 amide bonds. The molecular weight excluding hydrogens is 290 g/mol. The van der Waals surface area contributed by atoms with Crippen molar-refractivity contribution in [3.63, 3.8) is 0 Å². The van der Waals surface area contributed by atoms with Crippen LogP contribution in [0.4, 0.5) is 0 Å². The second kappa shape index (κ2) is 7.66. The molecule has 122 valence electrons. The summed E-state index contributed by atoms with van der Waals surface area (Å²) < 4.78 is 10.8. The van der Waals surface area contributed by atoms with Crippen molar-refractivity contribution < 1.29 is 29.6 Å². The molecule has 1 aliphatic rings. The van der Waals surface area contributed by atoms with E-state index in [0.717, 1.165) is 5.56 Å². The van der Waals surface area contributed by atoms with E-state index in [0.29, 0.717) is 0 Å². The van der Waals surface area contributed by atoms with Gasteiger partial charge in [0.05, 0.1) is 13.2 Å². The molecule has 0 aliphatic carbocycles. The molecule has 0 bridgehead atoms. The maximum atomic E-state index is 11.3. The fourth-order valence-corrected chi connectivity index (χ4v) is 2.44. The van der Waals surface area contributed by atoms with E-state index < -0.39 is 37.3 Å². The number of carbonyl (C=O) groups excluding carboxylic acids is 1. The largest absolute Gasteiger partial charge is 0.394 e. The molecule has 0 spiro atoms. The van der Waals surface area contributed by atoms with Crippen molar-refractivity contribution in [2.75, 3.05) is 6.61 Å². The van der Waals surface area contributed by atoms with Gasteiger partial charge in [0.1, 0.15) is 24.4 Å². The Kier molecular flexibility index (Phi) is 5.87. The van der Waals surface area contributed by atoms with Crippen molar-refractivity contribution in [3.05, 3.63) is 35.9 Å². The maximum absolute atomic E-state index is 11.3. The predicted molar refractivity (Wildman–Crippen MR) is 76.6 cm³/mol. The van der Waals surface area contributed by atoms with E-state index in [1.807, 2.05) is 30.3 Å². The van der Waals surface area contributed by atoms with E-state index in [1.54, 1.807) is 0 Å². The van der Waals surface area contributed by atoms with Crippen LogP contribution in [-0.2, 0) is 20.9 Å². The molecule has 0 aromatic heterocycles. The number of ether oxygens (including phenoxy) is 2. The minimum absolute atomic E-state index is 0.198. The second-order valence-electron chi connectivity index (χ2n) is 5.23. The Morgan fingerprint density at radius 1 is 1.32 bits per heavy atom. The van der Waals surface area contributed by atoms with Crippen LogP contribution in [0.1, 0.15) is 12.5 Å². The van der Waals surface area contributed by atoms with Gasteiger partial charge in [0.25, 0.3) is 0 Å². The van der Waals surface area contributed by atoms with Gasteiger partial charge >= 0.3 is 0 Å². The third kappa shape index (κ3) is 4.02. The zero-order valence-electron chi connectivity index (χ0n) is 12.3. The standard InChI is InChI=1S/C15H21NO6/c1-9(18)16-12-14(13(19)11(7-17)22-15(12)20)21-8-10-5-3-2-4-6-10/h2-6,11-15,17,19-20H,7-8H2,1H3,(H,16,18)/t11-,12+,13-,14-,15+/m0/s1. The van der Waals surface area contributed by atoms with Crippen LogP contribution in [-0.4, -0.2) is 58.5 Å². The lowest BCUT2D eigenvalue weighted by molar-refractivity contribution is -0.263. The van der Waals surface area contributed by atoms with E-state index in [1.165, 1.54) is 6.92 Å². The molecule has 1 saturated heterocycles. The molecule has 2 rings (SSSR count). The SMILES string of the molecule is CC(=O)N[C@@H]1[C@H](OCc2ccccc2)[C@@H](O)[C@H](CO)O[C@H]1O. The first-order chi connectivity index (χ1) is 10.5. The number of hydrogen-bond donors (Lipinski definition) is 4. The van der Waals surface area contributed by atoms with E-state index in [4.69, 9.17) is 9.47 Å². The van der Waals surface area contributed by atoms with Crippen molar-refractivity contribution in [1.82, 2.24) is 5.32 Å². The van der Waals surface area contributed by atoms with Gasteiger partial charge in [-0.3, -0.25) is 4.79 Å². The molecule has 1 fully saturated rings. The van der Waals surface area contributed by atoms with E-state index >= 15 is 0 Å². The smallest absolute Gasteiger partial charge is 0.217 e. The van der Waals surface area contributed by atoms with Gasteiger partial charge in [0, 0.05) is 6.92 Å². The normalized spacial score (nSPS) is 31.7. The molecule has 1 aliphatic heterocycles. The molecule has 5 atom stereocenters. The lowest BCUT2D eigenvalue weighted by Gasteiger charge is -2.42. The Morgan fingerprint density at radius 2 is 2.00 bits per heavy atom. The molecular formula is C15H21NO6. The lowest BCUT2D eigenvalue weighted by Crippen LogP contribution is -2.64. The molecule has 4 N–H and O–H groups in total. The predicted octanol–water partition coefficient (Wildman–Crippen LogP) is -0.853. The molecule has 0 radical (unpaired) electrons. The number of benzene rings is 1. The summed E-state index contributed by atoms with van der Waals surface area (Å²) >= 11 is 0. The van der Waals surface area contributed by atoms with Crippen LogP contribution in [0.25, 0.3) is 0 Å². The molecule has 7 heteroatoms. The van der Waals surface area contributed by atoms with Gasteiger partial charge < -0.3 is 30.1 Å². The summed E-state index contributed by atoms with van der Waals surface area (Å²) in [6.45, 7) is 1.03. The first-order valence-corrected chi connectivity index (χ1v) is 7.08. The topological polar surface area (TPSA) is 108 Å². The quantitative estimate of drug-likeness (QED) is 0.564. The number of carbonyl (C=O) groups is 1. The van der Waals surface area contributed by atoms with Gasteiger partial charge in [-0.05, 0) is 5.56 Å². The molecule has 1 aromatic carbocycles. The van der Waals surface area contributed by atoms with Crippen LogP contribution >= 0.6 is 0 Å². The Bertz CT molecular complexity index is 482. The Balaban J connectivity index is 2.10. The first-order valence-electron chi connectivity index (χ1n) is 7.08.